The molecule has 13 rings (SSSR count). The Balaban J connectivity index is 0.000000142. The molecule has 4 aromatic heterocycles. The van der Waals surface area contributed by atoms with E-state index in [9.17, 15) is 9.59 Å². The number of carbonyl (C=O) groups excluding carboxylic acids is 2. The zero-order valence-electron chi connectivity index (χ0n) is 44.0. The zero-order valence-corrected chi connectivity index (χ0v) is 45.6. The summed E-state index contributed by atoms with van der Waals surface area (Å²) in [5, 5.41) is 8.89. The van der Waals surface area contributed by atoms with E-state index in [-0.39, 0.29) is 33.2 Å². The van der Waals surface area contributed by atoms with Crippen molar-refractivity contribution in [3.63, 3.8) is 0 Å². The number of fused-ring (bicyclic) bond motifs is 2. The Labute approximate surface area is 460 Å². The summed E-state index contributed by atoms with van der Waals surface area (Å²) in [7, 11) is -0.259. The van der Waals surface area contributed by atoms with Gasteiger partial charge in [0, 0.05) is 137 Å². The maximum Gasteiger partial charge on any atom is 0.494 e. The maximum atomic E-state index is 12.4. The molecule has 7 fully saturated rings. The highest BCUT2D eigenvalue weighted by molar-refractivity contribution is 9.10. The Morgan fingerprint density at radius 2 is 0.934 bits per heavy atom. The fraction of sp³-hybridized carbons (Fsp3) is 0.533. The molecule has 5 saturated heterocycles. The van der Waals surface area contributed by atoms with Gasteiger partial charge in [-0.05, 0) is 167 Å². The highest BCUT2D eigenvalue weighted by Gasteiger charge is 2.51. The number of hydrogen-bond acceptors (Lipinski definition) is 10. The second kappa shape index (κ2) is 23.6. The van der Waals surface area contributed by atoms with Crippen LogP contribution in [0.25, 0.3) is 22.2 Å². The van der Waals surface area contributed by atoms with E-state index in [1.807, 2.05) is 32.5 Å². The molecule has 0 unspecified atom stereocenters. The number of halogens is 1. The van der Waals surface area contributed by atoms with E-state index in [1.54, 1.807) is 0 Å². The molecule has 0 spiro atoms. The summed E-state index contributed by atoms with van der Waals surface area (Å²) in [4.78, 5) is 38.3. The molecule has 0 bridgehead atoms. The molecule has 2 aliphatic carbocycles. The number of hydrogen-bond donors (Lipinski definition) is 0. The second-order valence-electron chi connectivity index (χ2n) is 22.5. The van der Waals surface area contributed by atoms with Crippen molar-refractivity contribution in [2.24, 2.45) is 11.8 Å². The van der Waals surface area contributed by atoms with Crippen LogP contribution in [0.1, 0.15) is 107 Å². The minimum atomic E-state index is -0.275. The number of aromatic nitrogens is 4. The lowest BCUT2D eigenvalue weighted by molar-refractivity contribution is -0.133. The first kappa shape index (κ1) is 55.2. The summed E-state index contributed by atoms with van der Waals surface area (Å²) in [5.74, 6) is 1.36. The van der Waals surface area contributed by atoms with E-state index < -0.39 is 0 Å². The van der Waals surface area contributed by atoms with Gasteiger partial charge in [-0.15, -0.1) is 0 Å². The van der Waals surface area contributed by atoms with Gasteiger partial charge in [0.2, 0.25) is 11.8 Å². The first-order valence-electron chi connectivity index (χ1n) is 27.6. The number of rotatable bonds is 8. The van der Waals surface area contributed by atoms with Crippen molar-refractivity contribution in [2.75, 3.05) is 98.1 Å². The first-order valence-corrected chi connectivity index (χ1v) is 28.4. The third-order valence-corrected chi connectivity index (χ3v) is 17.2. The molecule has 14 nitrogen and oxygen atoms in total. The average molecular weight is 1100 g/mol. The van der Waals surface area contributed by atoms with Crippen LogP contribution in [0.2, 0.25) is 0 Å². The zero-order chi connectivity index (χ0) is 51.0. The van der Waals surface area contributed by atoms with Crippen molar-refractivity contribution < 1.29 is 18.9 Å². The lowest BCUT2D eigenvalue weighted by Gasteiger charge is -2.36. The quantitative estimate of drug-likeness (QED) is 0.137. The lowest BCUT2D eigenvalue weighted by Crippen LogP contribution is -2.49. The van der Waals surface area contributed by atoms with Crippen molar-refractivity contribution in [1.29, 1.82) is 0 Å². The molecular formula is C60H82BBrN10O4. The third-order valence-electron chi connectivity index (χ3n) is 16.7. The predicted molar refractivity (Wildman–Crippen MR) is 314 cm³/mol. The molecule has 6 aromatic rings. The summed E-state index contributed by atoms with van der Waals surface area (Å²) < 4.78 is 17.1. The van der Waals surface area contributed by atoms with Crippen LogP contribution in [-0.4, -0.2) is 138 Å². The monoisotopic (exact) mass is 1100 g/mol. The van der Waals surface area contributed by atoms with Crippen LogP contribution in [0.15, 0.2) is 102 Å². The molecule has 16 heteroatoms. The first-order chi connectivity index (χ1) is 35.9. The number of amides is 2. The molecule has 0 atom stereocenters. The van der Waals surface area contributed by atoms with Gasteiger partial charge in [0.15, 0.2) is 0 Å². The number of anilines is 4. The minimum absolute atomic E-state index is 0. The van der Waals surface area contributed by atoms with Crippen LogP contribution in [-0.2, 0) is 18.9 Å². The van der Waals surface area contributed by atoms with E-state index in [0.717, 1.165) is 99.0 Å². The normalized spacial score (nSPS) is 20.3. The van der Waals surface area contributed by atoms with Crippen LogP contribution in [0.3, 0.4) is 0 Å². The molecule has 2 aromatic carbocycles. The summed E-state index contributed by atoms with van der Waals surface area (Å²) in [6.07, 6.45) is 20.1. The SMILES string of the molecule is C.C.CC1(C)OB(c2ccc(N3CCCCC3)cc2)OC1(C)C.O=C(C1CC1)N1CCN(c2ccnn3cc(-c4ccc(N5CCCCC5)cc4)cc23)CC1.O=C(C1CC1)N1CCN(c2ccnn3cc(Br)cc23)CC1. The van der Waals surface area contributed by atoms with Gasteiger partial charge >= 0.3 is 7.12 Å². The van der Waals surface area contributed by atoms with Crippen molar-refractivity contribution in [3.05, 3.63) is 102 Å². The topological polar surface area (TPSA) is 107 Å². The fourth-order valence-corrected chi connectivity index (χ4v) is 11.6. The predicted octanol–water partition coefficient (Wildman–Crippen LogP) is 10.5. The van der Waals surface area contributed by atoms with Gasteiger partial charge < -0.3 is 38.7 Å². The van der Waals surface area contributed by atoms with Gasteiger partial charge in [0.1, 0.15) is 0 Å². The lowest BCUT2D eigenvalue weighted by atomic mass is 9.79. The standard InChI is InChI=1S/C26H31N5O.C17H26BNO2.C15H17BrN4O.2CH4/c32-26(21-4-5-21)30-16-14-29(15-17-30)24-10-11-27-31-19-22(18-25(24)31)20-6-8-23(9-7-20)28-12-2-1-3-13-28;1-16(2)17(3,4)21-18(20-16)14-8-10-15(11-9-14)19-12-6-5-7-13-19;16-12-9-14-13(3-4-17-20(14)10-12)18-5-7-19(8-6-18)15(21)11-1-2-11;;/h6-11,18-19,21H,1-5,12-17H2;8-11H,5-7,12-13H2,1-4H3;3-4,9-11H,1-2,5-8H2;2*1H4. The van der Waals surface area contributed by atoms with E-state index in [4.69, 9.17) is 9.31 Å². The Bertz CT molecular complexity index is 2870. The van der Waals surface area contributed by atoms with Crippen molar-refractivity contribution in [1.82, 2.24) is 29.0 Å². The number of piperazine rings is 2. The number of benzene rings is 2. The molecule has 0 N–H and O–H groups in total. The van der Waals surface area contributed by atoms with E-state index >= 15 is 0 Å². The summed E-state index contributed by atoms with van der Waals surface area (Å²) in [6.45, 7) is 19.9. The number of carbonyl (C=O) groups is 2. The summed E-state index contributed by atoms with van der Waals surface area (Å²) >= 11 is 3.50. The van der Waals surface area contributed by atoms with Crippen LogP contribution in [0, 0.1) is 11.8 Å². The van der Waals surface area contributed by atoms with E-state index in [0.29, 0.717) is 23.7 Å². The largest absolute Gasteiger partial charge is 0.494 e. The molecule has 5 aliphatic heterocycles. The molecule has 2 saturated carbocycles. The van der Waals surface area contributed by atoms with E-state index in [1.165, 1.54) is 98.6 Å². The molecule has 76 heavy (non-hydrogen) atoms. The molecule has 7 aliphatic rings. The summed E-state index contributed by atoms with van der Waals surface area (Å²) in [5.41, 5.74) is 10.2. The highest BCUT2D eigenvalue weighted by Crippen LogP contribution is 2.38. The van der Waals surface area contributed by atoms with Gasteiger partial charge in [-0.25, -0.2) is 9.03 Å². The smallest absolute Gasteiger partial charge is 0.399 e. The fourth-order valence-electron chi connectivity index (χ4n) is 11.2. The Morgan fingerprint density at radius 3 is 1.38 bits per heavy atom. The van der Waals surface area contributed by atoms with Gasteiger partial charge in [0.25, 0.3) is 0 Å². The molecule has 0 radical (unpaired) electrons. The van der Waals surface area contributed by atoms with Crippen LogP contribution < -0.4 is 25.1 Å². The number of piperidine rings is 2. The average Bonchev–Trinajstić information content (AvgIpc) is 4.38. The van der Waals surface area contributed by atoms with Gasteiger partial charge in [-0.3, -0.25) is 9.59 Å². The van der Waals surface area contributed by atoms with Crippen molar-refractivity contribution in [2.45, 2.75) is 118 Å². The minimum Gasteiger partial charge on any atom is -0.399 e. The van der Waals surface area contributed by atoms with Crippen molar-refractivity contribution in [3.8, 4) is 11.1 Å². The molecule has 2 amide bonds. The van der Waals surface area contributed by atoms with Crippen LogP contribution >= 0.6 is 15.9 Å². The molecule has 406 valence electrons. The van der Waals surface area contributed by atoms with E-state index in [2.05, 4.69) is 157 Å². The maximum absolute atomic E-state index is 12.4. The van der Waals surface area contributed by atoms with Gasteiger partial charge in [0.05, 0.1) is 33.6 Å². The Hall–Kier alpha value is -5.58. The Kier molecular flexibility index (Phi) is 17.1. The third kappa shape index (κ3) is 12.2. The second-order valence-corrected chi connectivity index (χ2v) is 23.4. The number of nitrogens with zero attached hydrogens (tertiary/aromatic N) is 10. The Morgan fingerprint density at radius 1 is 0.513 bits per heavy atom. The van der Waals surface area contributed by atoms with Crippen molar-refractivity contribution >= 4 is 74.1 Å². The van der Waals surface area contributed by atoms with Crippen LogP contribution in [0.5, 0.6) is 0 Å². The van der Waals surface area contributed by atoms with Gasteiger partial charge in [-0.1, -0.05) is 39.1 Å². The molecule has 9 heterocycles. The summed E-state index contributed by atoms with van der Waals surface area (Å²) in [6, 6.07) is 26.2. The highest BCUT2D eigenvalue weighted by atomic mass is 79.9. The van der Waals surface area contributed by atoms with Crippen LogP contribution in [0.4, 0.5) is 22.7 Å². The van der Waals surface area contributed by atoms with Gasteiger partial charge in [-0.2, -0.15) is 10.2 Å². The molecular weight excluding hydrogens is 1020 g/mol.